The number of hydrogen-bond acceptors (Lipinski definition) is 4. The van der Waals surface area contributed by atoms with E-state index >= 15 is 0 Å². The lowest BCUT2D eigenvalue weighted by molar-refractivity contribution is -0.117. The lowest BCUT2D eigenvalue weighted by Gasteiger charge is -2.10. The maximum absolute atomic E-state index is 12.6. The van der Waals surface area contributed by atoms with Crippen LogP contribution in [0.1, 0.15) is 28.8 Å². The van der Waals surface area contributed by atoms with Gasteiger partial charge >= 0.3 is 0 Å². The van der Waals surface area contributed by atoms with Crippen molar-refractivity contribution in [2.45, 2.75) is 12.8 Å². The molecule has 1 aromatic heterocycles. The van der Waals surface area contributed by atoms with Gasteiger partial charge in [-0.2, -0.15) is 0 Å². The lowest BCUT2D eigenvalue weighted by Crippen LogP contribution is -2.16. The molecular formula is C19H15Cl2N3O3. The number of anilines is 2. The second-order valence-electron chi connectivity index (χ2n) is 5.92. The van der Waals surface area contributed by atoms with Gasteiger partial charge in [0.25, 0.3) is 5.91 Å². The summed E-state index contributed by atoms with van der Waals surface area (Å²) in [7, 11) is 0. The van der Waals surface area contributed by atoms with Crippen LogP contribution in [0.15, 0.2) is 30.5 Å². The molecule has 1 aromatic carbocycles. The number of aliphatic hydroxyl groups excluding tert-OH is 1. The fourth-order valence-corrected chi connectivity index (χ4v) is 3.01. The Morgan fingerprint density at radius 2 is 1.89 bits per heavy atom. The summed E-state index contributed by atoms with van der Waals surface area (Å²) in [5.74, 6) is 5.00. The first-order valence-electron chi connectivity index (χ1n) is 8.15. The number of nitrogens with one attached hydrogen (secondary N) is 2. The Kier molecular flexibility index (Phi) is 5.97. The lowest BCUT2D eigenvalue weighted by atomic mass is 10.1. The van der Waals surface area contributed by atoms with Crippen molar-refractivity contribution in [1.82, 2.24) is 4.98 Å². The Morgan fingerprint density at radius 3 is 2.52 bits per heavy atom. The second kappa shape index (κ2) is 8.40. The molecule has 0 aliphatic heterocycles. The number of carbonyl (C=O) groups is 2. The van der Waals surface area contributed by atoms with E-state index in [1.807, 2.05) is 0 Å². The molecule has 0 spiro atoms. The first-order chi connectivity index (χ1) is 13.0. The molecule has 2 amide bonds. The maximum atomic E-state index is 12.6. The van der Waals surface area contributed by atoms with Crippen LogP contribution in [0.25, 0.3) is 0 Å². The van der Waals surface area contributed by atoms with E-state index in [2.05, 4.69) is 27.5 Å². The highest BCUT2D eigenvalue weighted by Gasteiger charge is 2.29. The van der Waals surface area contributed by atoms with Crippen molar-refractivity contribution in [3.63, 3.8) is 0 Å². The number of aromatic nitrogens is 1. The van der Waals surface area contributed by atoms with Crippen molar-refractivity contribution in [1.29, 1.82) is 0 Å². The van der Waals surface area contributed by atoms with Crippen molar-refractivity contribution in [3.8, 4) is 11.8 Å². The van der Waals surface area contributed by atoms with E-state index in [1.54, 1.807) is 12.1 Å². The van der Waals surface area contributed by atoms with Crippen LogP contribution in [0.4, 0.5) is 11.5 Å². The Balaban J connectivity index is 1.76. The summed E-state index contributed by atoms with van der Waals surface area (Å²) in [6, 6.07) is 6.15. The number of hydrogen-bond donors (Lipinski definition) is 3. The molecule has 6 nitrogen and oxygen atoms in total. The van der Waals surface area contributed by atoms with E-state index in [1.165, 1.54) is 18.3 Å². The van der Waals surface area contributed by atoms with Crippen LogP contribution in [0.3, 0.4) is 0 Å². The second-order valence-corrected chi connectivity index (χ2v) is 6.74. The zero-order chi connectivity index (χ0) is 19.4. The molecule has 3 N–H and O–H groups in total. The van der Waals surface area contributed by atoms with Gasteiger partial charge in [0.05, 0.1) is 15.6 Å². The van der Waals surface area contributed by atoms with E-state index in [-0.39, 0.29) is 34.0 Å². The number of nitrogens with zero attached hydrogens (tertiary/aromatic N) is 1. The fourth-order valence-electron chi connectivity index (χ4n) is 2.35. The Labute approximate surface area is 165 Å². The minimum atomic E-state index is -0.502. The number of pyridine rings is 1. The van der Waals surface area contributed by atoms with Gasteiger partial charge in [0.2, 0.25) is 5.91 Å². The van der Waals surface area contributed by atoms with Crippen molar-refractivity contribution >= 4 is 46.5 Å². The molecule has 1 aliphatic rings. The molecule has 2 aromatic rings. The van der Waals surface area contributed by atoms with Gasteiger partial charge in [0.15, 0.2) is 0 Å². The summed E-state index contributed by atoms with van der Waals surface area (Å²) in [6.45, 7) is -0.293. The highest BCUT2D eigenvalue weighted by molar-refractivity contribution is 6.40. The predicted octanol–water partition coefficient (Wildman–Crippen LogP) is 3.33. The Bertz CT molecular complexity index is 939. The van der Waals surface area contributed by atoms with Crippen molar-refractivity contribution < 1.29 is 14.7 Å². The summed E-state index contributed by atoms with van der Waals surface area (Å²) in [5, 5.41) is 14.4. The number of rotatable bonds is 4. The number of carbonyl (C=O) groups excluding carboxylic acids is 2. The zero-order valence-electron chi connectivity index (χ0n) is 14.1. The number of aliphatic hydroxyl groups is 1. The van der Waals surface area contributed by atoms with Gasteiger partial charge in [0, 0.05) is 29.4 Å². The summed E-state index contributed by atoms with van der Waals surface area (Å²) in [6.07, 6.45) is 3.25. The van der Waals surface area contributed by atoms with Gasteiger partial charge < -0.3 is 15.7 Å². The first-order valence-corrected chi connectivity index (χ1v) is 8.90. The zero-order valence-corrected chi connectivity index (χ0v) is 15.6. The van der Waals surface area contributed by atoms with E-state index in [4.69, 9.17) is 28.3 Å². The summed E-state index contributed by atoms with van der Waals surface area (Å²) in [5.41, 5.74) is 1.04. The molecule has 1 fully saturated rings. The van der Waals surface area contributed by atoms with Crippen molar-refractivity contribution in [2.75, 3.05) is 17.2 Å². The smallest absolute Gasteiger partial charge is 0.258 e. The molecule has 0 bridgehead atoms. The van der Waals surface area contributed by atoms with E-state index in [9.17, 15) is 9.59 Å². The van der Waals surface area contributed by atoms with Crippen LogP contribution >= 0.6 is 23.2 Å². The monoisotopic (exact) mass is 403 g/mol. The van der Waals surface area contributed by atoms with Crippen LogP contribution in [0.2, 0.25) is 10.0 Å². The molecule has 1 saturated carbocycles. The largest absolute Gasteiger partial charge is 0.384 e. The van der Waals surface area contributed by atoms with Crippen molar-refractivity contribution in [2.24, 2.45) is 5.92 Å². The molecule has 8 heteroatoms. The van der Waals surface area contributed by atoms with Crippen LogP contribution in [-0.4, -0.2) is 28.5 Å². The Morgan fingerprint density at radius 1 is 1.19 bits per heavy atom. The van der Waals surface area contributed by atoms with Gasteiger partial charge in [-0.05, 0) is 31.0 Å². The molecule has 1 aliphatic carbocycles. The normalized spacial score (nSPS) is 12.7. The highest BCUT2D eigenvalue weighted by atomic mass is 35.5. The molecule has 0 unspecified atom stereocenters. The van der Waals surface area contributed by atoms with Crippen molar-refractivity contribution in [3.05, 3.63) is 51.6 Å². The average Bonchev–Trinajstić information content (AvgIpc) is 3.45. The summed E-state index contributed by atoms with van der Waals surface area (Å²) < 4.78 is 0. The number of halogens is 2. The standard InChI is InChI=1S/C19H15Cl2N3O3/c20-14-8-11(2-1-7-25)9-15(21)17(14)19(27)23-13-5-6-22-16(10-13)24-18(26)12-3-4-12/h5-6,8-10,12,25H,3-4,7H2,(H2,22,23,24,26,27). The molecule has 0 radical (unpaired) electrons. The first kappa shape index (κ1) is 19.2. The van der Waals surface area contributed by atoms with E-state index in [0.717, 1.165) is 12.8 Å². The van der Waals surface area contributed by atoms with Crippen LogP contribution in [0.5, 0.6) is 0 Å². The van der Waals surface area contributed by atoms with Gasteiger partial charge in [-0.3, -0.25) is 9.59 Å². The quantitative estimate of drug-likeness (QED) is 0.682. The minimum Gasteiger partial charge on any atom is -0.384 e. The van der Waals surface area contributed by atoms with Gasteiger partial charge in [-0.1, -0.05) is 35.0 Å². The van der Waals surface area contributed by atoms with Gasteiger partial charge in [-0.15, -0.1) is 0 Å². The topological polar surface area (TPSA) is 91.3 Å². The molecule has 0 saturated heterocycles. The minimum absolute atomic E-state index is 0.0510. The van der Waals surface area contributed by atoms with Crippen LogP contribution < -0.4 is 10.6 Å². The molecule has 3 rings (SSSR count). The molecular weight excluding hydrogens is 389 g/mol. The van der Waals surface area contributed by atoms with Crippen LogP contribution in [-0.2, 0) is 4.79 Å². The third-order valence-corrected chi connectivity index (χ3v) is 4.39. The van der Waals surface area contributed by atoms with Crippen LogP contribution in [0, 0.1) is 17.8 Å². The average molecular weight is 404 g/mol. The fraction of sp³-hybridized carbons (Fsp3) is 0.211. The third-order valence-electron chi connectivity index (χ3n) is 3.80. The maximum Gasteiger partial charge on any atom is 0.258 e. The third kappa shape index (κ3) is 4.98. The van der Waals surface area contributed by atoms with Gasteiger partial charge in [0.1, 0.15) is 12.4 Å². The summed E-state index contributed by atoms with van der Waals surface area (Å²) in [4.78, 5) is 28.5. The molecule has 27 heavy (non-hydrogen) atoms. The predicted molar refractivity (Wildman–Crippen MR) is 104 cm³/mol. The number of amides is 2. The summed E-state index contributed by atoms with van der Waals surface area (Å²) >= 11 is 12.3. The highest BCUT2D eigenvalue weighted by Crippen LogP contribution is 2.30. The Hall–Kier alpha value is -2.59. The van der Waals surface area contributed by atoms with E-state index in [0.29, 0.717) is 17.1 Å². The molecule has 0 atom stereocenters. The number of benzene rings is 1. The molecule has 138 valence electrons. The molecule has 1 heterocycles. The van der Waals surface area contributed by atoms with E-state index < -0.39 is 5.91 Å². The van der Waals surface area contributed by atoms with Gasteiger partial charge in [-0.25, -0.2) is 4.98 Å². The SMILES string of the molecule is O=C(Nc1ccnc(NC(=O)C2CC2)c1)c1c(Cl)cc(C#CCO)cc1Cl.